The Labute approximate surface area is 98.5 Å². The second-order valence-corrected chi connectivity index (χ2v) is 4.97. The molecule has 2 N–H and O–H groups in total. The molecular weight excluding hydrogens is 220 g/mol. The minimum absolute atomic E-state index is 0.184. The highest BCUT2D eigenvalue weighted by molar-refractivity contribution is 7.14. The van der Waals surface area contributed by atoms with Crippen molar-refractivity contribution >= 4 is 17.0 Å². The lowest BCUT2D eigenvalue weighted by Crippen LogP contribution is -2.01. The topological polar surface area (TPSA) is 48.4 Å². The molecule has 0 spiro atoms. The second-order valence-electron chi connectivity index (χ2n) is 3.68. The summed E-state index contributed by atoms with van der Waals surface area (Å²) in [6, 6.07) is 4.10. The minimum Gasteiger partial charge on any atom is -0.494 e. The molecule has 0 radical (unpaired) electrons. The van der Waals surface area contributed by atoms with Crippen LogP contribution >= 0.6 is 11.3 Å². The Bertz CT molecular complexity index is 517. The van der Waals surface area contributed by atoms with Crippen LogP contribution in [0.15, 0.2) is 23.3 Å². The fourth-order valence-corrected chi connectivity index (χ4v) is 2.62. The lowest BCUT2D eigenvalue weighted by Gasteiger charge is -2.03. The summed E-state index contributed by atoms with van der Waals surface area (Å²) < 4.78 is 0. The number of hydrogen-bond donors (Lipinski definition) is 2. The van der Waals surface area contributed by atoms with Crippen molar-refractivity contribution in [3.8, 4) is 5.88 Å². The molecule has 0 aliphatic rings. The highest BCUT2D eigenvalue weighted by Gasteiger charge is 2.16. The van der Waals surface area contributed by atoms with E-state index in [0.717, 1.165) is 21.7 Å². The third kappa shape index (κ3) is 1.76. The van der Waals surface area contributed by atoms with Crippen molar-refractivity contribution in [1.29, 1.82) is 0 Å². The van der Waals surface area contributed by atoms with Crippen molar-refractivity contribution in [2.75, 3.05) is 7.05 Å². The standard InChI is InChI=1S/C12H14N2OS/c1-7-6-14-12(15)10(7)11(13-3)9-5-4-8(2)16-9/h4-6,14-15H,1-3H3. The van der Waals surface area contributed by atoms with Crippen LogP contribution in [0, 0.1) is 13.8 Å². The summed E-state index contributed by atoms with van der Waals surface area (Å²) in [5, 5.41) is 9.77. The van der Waals surface area contributed by atoms with Crippen LogP contribution < -0.4 is 0 Å². The molecule has 2 heterocycles. The number of nitrogens with zero attached hydrogens (tertiary/aromatic N) is 1. The van der Waals surface area contributed by atoms with E-state index < -0.39 is 0 Å². The summed E-state index contributed by atoms with van der Waals surface area (Å²) >= 11 is 1.68. The maximum Gasteiger partial charge on any atom is 0.198 e. The van der Waals surface area contributed by atoms with Gasteiger partial charge in [0.25, 0.3) is 0 Å². The van der Waals surface area contributed by atoms with Gasteiger partial charge in [0.05, 0.1) is 16.2 Å². The Morgan fingerprint density at radius 1 is 1.38 bits per heavy atom. The van der Waals surface area contributed by atoms with Crippen LogP contribution in [-0.2, 0) is 0 Å². The molecule has 3 nitrogen and oxygen atoms in total. The van der Waals surface area contributed by atoms with Crippen LogP contribution in [0.25, 0.3) is 0 Å². The lowest BCUT2D eigenvalue weighted by molar-refractivity contribution is 0.456. The summed E-state index contributed by atoms with van der Waals surface area (Å²) in [5.74, 6) is 0.184. The first-order valence-electron chi connectivity index (χ1n) is 5.04. The summed E-state index contributed by atoms with van der Waals surface area (Å²) in [6.07, 6.45) is 1.79. The van der Waals surface area contributed by atoms with E-state index in [1.807, 2.05) is 13.0 Å². The minimum atomic E-state index is 0.184. The fraction of sp³-hybridized carbons (Fsp3) is 0.250. The Balaban J connectivity index is 2.53. The van der Waals surface area contributed by atoms with Gasteiger partial charge < -0.3 is 10.1 Å². The van der Waals surface area contributed by atoms with Crippen LogP contribution in [0.2, 0.25) is 0 Å². The zero-order valence-electron chi connectivity index (χ0n) is 9.53. The number of aromatic amines is 1. The Morgan fingerprint density at radius 3 is 2.56 bits per heavy atom. The molecule has 0 unspecified atom stereocenters. The molecule has 0 aromatic carbocycles. The lowest BCUT2D eigenvalue weighted by atomic mass is 10.1. The molecule has 0 saturated heterocycles. The molecule has 2 aromatic heterocycles. The highest BCUT2D eigenvalue weighted by atomic mass is 32.1. The molecule has 16 heavy (non-hydrogen) atoms. The Kier molecular flexibility index (Phi) is 2.83. The fourth-order valence-electron chi connectivity index (χ4n) is 1.71. The van der Waals surface area contributed by atoms with Crippen molar-refractivity contribution < 1.29 is 5.11 Å². The molecule has 2 aromatic rings. The van der Waals surface area contributed by atoms with Gasteiger partial charge in [0.15, 0.2) is 5.88 Å². The van der Waals surface area contributed by atoms with Crippen LogP contribution in [0.3, 0.4) is 0 Å². The molecule has 2 rings (SSSR count). The second kappa shape index (κ2) is 4.14. The molecule has 0 aliphatic heterocycles. The Hall–Kier alpha value is -1.55. The molecule has 0 fully saturated rings. The van der Waals surface area contributed by atoms with Gasteiger partial charge in [-0.2, -0.15) is 0 Å². The quantitative estimate of drug-likeness (QED) is 0.771. The zero-order chi connectivity index (χ0) is 11.7. The number of aliphatic imine (C=N–C) groups is 1. The first-order chi connectivity index (χ1) is 7.63. The maximum absolute atomic E-state index is 9.77. The smallest absolute Gasteiger partial charge is 0.198 e. The summed E-state index contributed by atoms with van der Waals surface area (Å²) in [5.41, 5.74) is 2.64. The van der Waals surface area contributed by atoms with Gasteiger partial charge in [0.1, 0.15) is 0 Å². The number of nitrogens with one attached hydrogen (secondary N) is 1. The van der Waals surface area contributed by atoms with Crippen LogP contribution in [0.1, 0.15) is 20.9 Å². The number of thiophene rings is 1. The van der Waals surface area contributed by atoms with Gasteiger partial charge >= 0.3 is 0 Å². The van der Waals surface area contributed by atoms with Gasteiger partial charge in [-0.15, -0.1) is 11.3 Å². The number of hydrogen-bond acceptors (Lipinski definition) is 3. The SMILES string of the molecule is CN=C(c1ccc(C)s1)c1c(C)c[nH]c1O. The van der Waals surface area contributed by atoms with Gasteiger partial charge in [-0.05, 0) is 31.5 Å². The van der Waals surface area contributed by atoms with Crippen LogP contribution in [0.4, 0.5) is 0 Å². The van der Waals surface area contributed by atoms with E-state index in [1.54, 1.807) is 24.6 Å². The van der Waals surface area contributed by atoms with E-state index in [1.165, 1.54) is 4.88 Å². The van der Waals surface area contributed by atoms with Crippen molar-refractivity contribution in [1.82, 2.24) is 4.98 Å². The van der Waals surface area contributed by atoms with Crippen molar-refractivity contribution in [2.24, 2.45) is 4.99 Å². The predicted octanol–water partition coefficient (Wildman–Crippen LogP) is 2.87. The molecule has 4 heteroatoms. The third-order valence-corrected chi connectivity index (χ3v) is 3.50. The number of aryl methyl sites for hydroxylation is 2. The molecule has 0 atom stereocenters. The number of H-pyrrole nitrogens is 1. The van der Waals surface area contributed by atoms with E-state index >= 15 is 0 Å². The number of rotatable bonds is 2. The van der Waals surface area contributed by atoms with Crippen LogP contribution in [-0.4, -0.2) is 22.8 Å². The monoisotopic (exact) mass is 234 g/mol. The van der Waals surface area contributed by atoms with E-state index in [2.05, 4.69) is 23.0 Å². The molecule has 84 valence electrons. The number of aromatic nitrogens is 1. The predicted molar refractivity (Wildman–Crippen MR) is 67.8 cm³/mol. The van der Waals surface area contributed by atoms with Gasteiger partial charge in [0, 0.05) is 18.1 Å². The number of aromatic hydroxyl groups is 1. The summed E-state index contributed by atoms with van der Waals surface area (Å²) in [6.45, 7) is 4.02. The molecule has 0 bridgehead atoms. The van der Waals surface area contributed by atoms with Gasteiger partial charge in [0.2, 0.25) is 0 Å². The van der Waals surface area contributed by atoms with E-state index in [0.29, 0.717) is 0 Å². The van der Waals surface area contributed by atoms with Gasteiger partial charge in [-0.3, -0.25) is 4.99 Å². The first-order valence-corrected chi connectivity index (χ1v) is 5.86. The van der Waals surface area contributed by atoms with Crippen molar-refractivity contribution in [3.63, 3.8) is 0 Å². The third-order valence-electron chi connectivity index (χ3n) is 2.49. The van der Waals surface area contributed by atoms with Crippen molar-refractivity contribution in [2.45, 2.75) is 13.8 Å². The maximum atomic E-state index is 9.77. The van der Waals surface area contributed by atoms with Crippen LogP contribution in [0.5, 0.6) is 5.88 Å². The molecule has 0 aliphatic carbocycles. The van der Waals surface area contributed by atoms with E-state index in [9.17, 15) is 5.11 Å². The Morgan fingerprint density at radius 2 is 2.12 bits per heavy atom. The first kappa shape index (κ1) is 11.0. The summed E-state index contributed by atoms with van der Waals surface area (Å²) in [4.78, 5) is 9.41. The van der Waals surface area contributed by atoms with E-state index in [4.69, 9.17) is 0 Å². The molecule has 0 amide bonds. The molecule has 0 saturated carbocycles. The van der Waals surface area contributed by atoms with Gasteiger partial charge in [-0.25, -0.2) is 0 Å². The molecular formula is C12H14N2OS. The average Bonchev–Trinajstić information content (AvgIpc) is 2.80. The summed E-state index contributed by atoms with van der Waals surface area (Å²) in [7, 11) is 1.75. The van der Waals surface area contributed by atoms with E-state index in [-0.39, 0.29) is 5.88 Å². The zero-order valence-corrected chi connectivity index (χ0v) is 10.4. The van der Waals surface area contributed by atoms with Crippen molar-refractivity contribution in [3.05, 3.63) is 39.2 Å². The normalized spacial score (nSPS) is 12.1. The average molecular weight is 234 g/mol. The highest BCUT2D eigenvalue weighted by Crippen LogP contribution is 2.26. The largest absolute Gasteiger partial charge is 0.494 e. The van der Waals surface area contributed by atoms with Gasteiger partial charge in [-0.1, -0.05) is 0 Å².